The van der Waals surface area contributed by atoms with Crippen molar-refractivity contribution in [2.45, 2.75) is 6.61 Å². The maximum atomic E-state index is 12.4. The van der Waals surface area contributed by atoms with E-state index in [0.717, 1.165) is 0 Å². The van der Waals surface area contributed by atoms with Crippen molar-refractivity contribution in [3.63, 3.8) is 0 Å². The lowest BCUT2D eigenvalue weighted by atomic mass is 10.1. The highest BCUT2D eigenvalue weighted by Crippen LogP contribution is 2.31. The van der Waals surface area contributed by atoms with Crippen molar-refractivity contribution in [1.82, 2.24) is 4.98 Å². The summed E-state index contributed by atoms with van der Waals surface area (Å²) < 4.78 is 39.2. The van der Waals surface area contributed by atoms with E-state index in [1.54, 1.807) is 6.07 Å². The molecule has 0 spiro atoms. The summed E-state index contributed by atoms with van der Waals surface area (Å²) in [5.41, 5.74) is 0.818. The van der Waals surface area contributed by atoms with Crippen LogP contribution < -0.4 is 9.47 Å². The number of methoxy groups -OCH3 is 1. The fourth-order valence-corrected chi connectivity index (χ4v) is 2.33. The number of carbonyl (C=O) groups excluding carboxylic acids is 1. The van der Waals surface area contributed by atoms with E-state index in [-0.39, 0.29) is 23.1 Å². The van der Waals surface area contributed by atoms with E-state index in [9.17, 15) is 13.6 Å². The second kappa shape index (κ2) is 7.49. The number of pyridine rings is 1. The minimum atomic E-state index is -2.98. The van der Waals surface area contributed by atoms with E-state index in [4.69, 9.17) is 21.1 Å². The Morgan fingerprint density at radius 3 is 2.73 bits per heavy atom. The predicted molar refractivity (Wildman–Crippen MR) is 89.5 cm³/mol. The van der Waals surface area contributed by atoms with Crippen LogP contribution in [0.3, 0.4) is 0 Å². The third kappa shape index (κ3) is 3.97. The number of rotatable bonds is 5. The molecule has 0 saturated carbocycles. The summed E-state index contributed by atoms with van der Waals surface area (Å²) in [6.07, 6.45) is 2.89. The quantitative estimate of drug-likeness (QED) is 0.584. The molecule has 26 heavy (non-hydrogen) atoms. The lowest BCUT2D eigenvalue weighted by Crippen LogP contribution is -2.07. The number of aromatic nitrogens is 1. The first-order chi connectivity index (χ1) is 12.5. The number of carbonyl (C=O) groups is 1. The number of halogens is 3. The van der Waals surface area contributed by atoms with Crippen LogP contribution in [0.2, 0.25) is 5.02 Å². The molecule has 0 radical (unpaired) electrons. The van der Waals surface area contributed by atoms with Gasteiger partial charge in [-0.2, -0.15) is 8.78 Å². The maximum absolute atomic E-state index is 12.4. The number of aliphatic imine (C=N–C) groups is 1. The van der Waals surface area contributed by atoms with E-state index >= 15 is 0 Å². The summed E-state index contributed by atoms with van der Waals surface area (Å²) >= 11 is 5.88. The van der Waals surface area contributed by atoms with Gasteiger partial charge in [-0.1, -0.05) is 17.7 Å². The molecule has 0 fully saturated rings. The van der Waals surface area contributed by atoms with Crippen LogP contribution in [0, 0.1) is 0 Å². The molecule has 1 aliphatic heterocycles. The molecule has 2 heterocycles. The molecule has 0 amide bonds. The first-order valence-corrected chi connectivity index (χ1v) is 7.61. The molecule has 1 aromatic heterocycles. The van der Waals surface area contributed by atoms with Gasteiger partial charge >= 0.3 is 12.6 Å². The van der Waals surface area contributed by atoms with Crippen molar-refractivity contribution in [2.75, 3.05) is 7.11 Å². The number of hydrogen-bond donors (Lipinski definition) is 0. The van der Waals surface area contributed by atoms with E-state index < -0.39 is 12.6 Å². The van der Waals surface area contributed by atoms with Gasteiger partial charge in [-0.15, -0.1) is 0 Å². The van der Waals surface area contributed by atoms with Crippen LogP contribution in [0.25, 0.3) is 6.08 Å². The molecule has 0 aliphatic carbocycles. The van der Waals surface area contributed by atoms with E-state index in [0.29, 0.717) is 16.3 Å². The Labute approximate surface area is 151 Å². The summed E-state index contributed by atoms with van der Waals surface area (Å²) in [5, 5.41) is 0.422. The summed E-state index contributed by atoms with van der Waals surface area (Å²) in [4.78, 5) is 20.1. The van der Waals surface area contributed by atoms with Crippen molar-refractivity contribution >= 4 is 29.5 Å². The number of benzene rings is 1. The zero-order chi connectivity index (χ0) is 18.7. The minimum Gasteiger partial charge on any atom is -0.493 e. The highest BCUT2D eigenvalue weighted by molar-refractivity contribution is 6.31. The molecule has 0 N–H and O–H groups in total. The van der Waals surface area contributed by atoms with E-state index in [1.165, 1.54) is 43.6 Å². The molecular weight excluding hydrogens is 370 g/mol. The van der Waals surface area contributed by atoms with Crippen LogP contribution in [0.4, 0.5) is 8.78 Å². The van der Waals surface area contributed by atoms with Crippen LogP contribution in [0.1, 0.15) is 11.3 Å². The van der Waals surface area contributed by atoms with E-state index in [2.05, 4.69) is 14.7 Å². The fourth-order valence-electron chi connectivity index (χ4n) is 2.17. The average molecular weight is 381 g/mol. The maximum Gasteiger partial charge on any atom is 0.387 e. The largest absolute Gasteiger partial charge is 0.493 e. The van der Waals surface area contributed by atoms with Crippen LogP contribution in [0.15, 0.2) is 47.2 Å². The number of alkyl halides is 2. The Balaban J connectivity index is 1.90. The number of nitrogens with zero attached hydrogens (tertiary/aromatic N) is 2. The van der Waals surface area contributed by atoms with Gasteiger partial charge in [0.2, 0.25) is 5.90 Å². The van der Waals surface area contributed by atoms with Gasteiger partial charge in [0.15, 0.2) is 17.2 Å². The van der Waals surface area contributed by atoms with Gasteiger partial charge in [0.25, 0.3) is 0 Å². The number of hydrogen-bond acceptors (Lipinski definition) is 6. The Morgan fingerprint density at radius 2 is 2.04 bits per heavy atom. The minimum absolute atomic E-state index is 0.0198. The predicted octanol–water partition coefficient (Wildman–Crippen LogP) is 3.69. The summed E-state index contributed by atoms with van der Waals surface area (Å²) in [6, 6.07) is 7.31. The summed E-state index contributed by atoms with van der Waals surface area (Å²) in [5.74, 6) is -0.681. The zero-order valence-electron chi connectivity index (χ0n) is 13.3. The SMILES string of the molecule is COc1cc(/C=C2\N=C(c3cc(Cl)ccn3)OC2=O)ccc1OC(F)F. The zero-order valence-corrected chi connectivity index (χ0v) is 14.0. The second-order valence-corrected chi connectivity index (χ2v) is 5.42. The van der Waals surface area contributed by atoms with Gasteiger partial charge in [0, 0.05) is 11.2 Å². The van der Waals surface area contributed by atoms with E-state index in [1.807, 2.05) is 0 Å². The molecule has 0 unspecified atom stereocenters. The van der Waals surface area contributed by atoms with Crippen molar-refractivity contribution in [2.24, 2.45) is 4.99 Å². The number of esters is 1. The standard InChI is InChI=1S/C17H11ClF2N2O4/c1-24-14-7-9(2-3-13(14)25-17(19)20)6-12-16(23)26-15(22-12)11-8-10(18)4-5-21-11/h2-8,17H,1H3/b12-6-. The molecule has 0 atom stereocenters. The number of ether oxygens (including phenoxy) is 3. The lowest BCUT2D eigenvalue weighted by molar-refractivity contribution is -0.129. The highest BCUT2D eigenvalue weighted by atomic mass is 35.5. The van der Waals surface area contributed by atoms with Gasteiger partial charge in [0.05, 0.1) is 7.11 Å². The smallest absolute Gasteiger partial charge is 0.387 e. The first-order valence-electron chi connectivity index (χ1n) is 7.23. The van der Waals surface area contributed by atoms with Crippen LogP contribution in [0.5, 0.6) is 11.5 Å². The monoisotopic (exact) mass is 380 g/mol. The molecule has 0 bridgehead atoms. The van der Waals surface area contributed by atoms with Crippen molar-refractivity contribution in [3.8, 4) is 11.5 Å². The molecule has 6 nitrogen and oxygen atoms in total. The normalized spacial score (nSPS) is 15.2. The van der Waals surface area contributed by atoms with Crippen LogP contribution >= 0.6 is 11.6 Å². The molecular formula is C17H11ClF2N2O4. The molecule has 2 aromatic rings. The average Bonchev–Trinajstić information content (AvgIpc) is 2.96. The Morgan fingerprint density at radius 1 is 1.23 bits per heavy atom. The van der Waals surface area contributed by atoms with Crippen molar-refractivity contribution < 1.29 is 27.8 Å². The lowest BCUT2D eigenvalue weighted by Gasteiger charge is -2.10. The molecule has 0 saturated heterocycles. The number of cyclic esters (lactones) is 1. The summed E-state index contributed by atoms with van der Waals surface area (Å²) in [7, 11) is 1.31. The first kappa shape index (κ1) is 17.8. The van der Waals surface area contributed by atoms with Gasteiger partial charge in [0.1, 0.15) is 5.69 Å². The third-order valence-electron chi connectivity index (χ3n) is 3.27. The van der Waals surface area contributed by atoms with Crippen LogP contribution in [-0.2, 0) is 9.53 Å². The van der Waals surface area contributed by atoms with Crippen molar-refractivity contribution in [1.29, 1.82) is 0 Å². The van der Waals surface area contributed by atoms with Gasteiger partial charge in [-0.25, -0.2) is 9.79 Å². The summed E-state index contributed by atoms with van der Waals surface area (Å²) in [6.45, 7) is -2.98. The van der Waals surface area contributed by atoms with Gasteiger partial charge in [-0.05, 0) is 35.9 Å². The molecule has 9 heteroatoms. The van der Waals surface area contributed by atoms with Gasteiger partial charge in [-0.3, -0.25) is 4.98 Å². The second-order valence-electron chi connectivity index (χ2n) is 4.98. The third-order valence-corrected chi connectivity index (χ3v) is 3.50. The molecule has 134 valence electrons. The van der Waals surface area contributed by atoms with Crippen LogP contribution in [-0.4, -0.2) is 30.6 Å². The van der Waals surface area contributed by atoms with Gasteiger partial charge < -0.3 is 14.2 Å². The Bertz CT molecular complexity index is 915. The Hall–Kier alpha value is -3.00. The fraction of sp³-hybridized carbons (Fsp3) is 0.118. The highest BCUT2D eigenvalue weighted by Gasteiger charge is 2.25. The molecule has 1 aliphatic rings. The topological polar surface area (TPSA) is 70.0 Å². The molecule has 3 rings (SSSR count). The van der Waals surface area contributed by atoms with Crippen molar-refractivity contribution in [3.05, 3.63) is 58.5 Å². The Kier molecular flexibility index (Phi) is 5.13. The molecule has 1 aromatic carbocycles.